The molecule has 3 aromatic rings. The van der Waals surface area contributed by atoms with E-state index in [1.54, 1.807) is 11.3 Å². The molecule has 3 rings (SSSR count). The van der Waals surface area contributed by atoms with E-state index in [1.165, 1.54) is 18.3 Å². The first-order chi connectivity index (χ1) is 12.6. The average Bonchev–Trinajstić information content (AvgIpc) is 3.28. The van der Waals surface area contributed by atoms with E-state index in [4.69, 9.17) is 5.73 Å². The van der Waals surface area contributed by atoms with Crippen LogP contribution in [0.15, 0.2) is 52.8 Å². The van der Waals surface area contributed by atoms with Gasteiger partial charge in [-0.15, -0.1) is 22.7 Å². The maximum atomic E-state index is 11.0. The zero-order chi connectivity index (χ0) is 18.4. The number of hydrogen-bond donors (Lipinski definition) is 3. The maximum Gasteiger partial charge on any atom is 0.217 e. The highest BCUT2D eigenvalue weighted by Gasteiger charge is 2.08. The Morgan fingerprint density at radius 3 is 2.73 bits per heavy atom. The van der Waals surface area contributed by atoms with Crippen molar-refractivity contribution in [2.24, 2.45) is 10.7 Å². The number of benzene rings is 1. The van der Waals surface area contributed by atoms with Crippen molar-refractivity contribution >= 4 is 39.7 Å². The summed E-state index contributed by atoms with van der Waals surface area (Å²) in [5, 5.41) is 8.44. The maximum absolute atomic E-state index is 11.0. The number of aromatic nitrogens is 1. The van der Waals surface area contributed by atoms with Crippen molar-refractivity contribution in [3.63, 3.8) is 0 Å². The predicted octanol–water partition coefficient (Wildman–Crippen LogP) is 3.24. The topological polar surface area (TPSA) is 92.4 Å². The fourth-order valence-corrected chi connectivity index (χ4v) is 3.86. The van der Waals surface area contributed by atoms with E-state index in [9.17, 15) is 4.79 Å². The zero-order valence-electron chi connectivity index (χ0n) is 14.2. The molecule has 0 spiro atoms. The molecular weight excluding hydrogens is 366 g/mol. The summed E-state index contributed by atoms with van der Waals surface area (Å²) in [4.78, 5) is 22.0. The molecule has 0 fully saturated rings. The van der Waals surface area contributed by atoms with E-state index in [1.807, 2.05) is 47.8 Å². The lowest BCUT2D eigenvalue weighted by atomic mass is 10.2. The molecule has 134 valence electrons. The molecule has 0 aliphatic carbocycles. The van der Waals surface area contributed by atoms with Crippen LogP contribution in [0.3, 0.4) is 0 Å². The SMILES string of the molecule is CC(=O)NCc1ccc(-c2csc(/N=C(\N)NCc3ccccc3)n2)s1. The first kappa shape index (κ1) is 18.1. The van der Waals surface area contributed by atoms with Gasteiger partial charge in [0, 0.05) is 23.7 Å². The van der Waals surface area contributed by atoms with Gasteiger partial charge >= 0.3 is 0 Å². The normalized spacial score (nSPS) is 11.3. The Morgan fingerprint density at radius 1 is 1.15 bits per heavy atom. The van der Waals surface area contributed by atoms with Crippen LogP contribution in [0.5, 0.6) is 0 Å². The molecule has 8 heteroatoms. The Morgan fingerprint density at radius 2 is 1.96 bits per heavy atom. The predicted molar refractivity (Wildman–Crippen MR) is 108 cm³/mol. The number of nitrogens with one attached hydrogen (secondary N) is 2. The molecular formula is C18H19N5OS2. The Kier molecular flexibility index (Phi) is 5.98. The number of guanidine groups is 1. The third-order valence-electron chi connectivity index (χ3n) is 3.45. The summed E-state index contributed by atoms with van der Waals surface area (Å²) in [7, 11) is 0. The molecule has 0 bridgehead atoms. The van der Waals surface area contributed by atoms with Crippen LogP contribution >= 0.6 is 22.7 Å². The first-order valence-corrected chi connectivity index (χ1v) is 9.71. The number of nitrogens with zero attached hydrogens (tertiary/aromatic N) is 2. The van der Waals surface area contributed by atoms with E-state index in [-0.39, 0.29) is 5.91 Å². The van der Waals surface area contributed by atoms with Crippen molar-refractivity contribution in [3.8, 4) is 10.6 Å². The molecule has 0 unspecified atom stereocenters. The largest absolute Gasteiger partial charge is 0.370 e. The average molecular weight is 386 g/mol. The van der Waals surface area contributed by atoms with Crippen LogP contribution < -0.4 is 16.4 Å². The summed E-state index contributed by atoms with van der Waals surface area (Å²) in [6.07, 6.45) is 0. The number of amides is 1. The standard InChI is InChI=1S/C18H19N5OS2/c1-12(24)20-10-14-7-8-16(26-14)15-11-25-18(22-15)23-17(19)21-9-13-5-3-2-4-6-13/h2-8,11H,9-10H2,1H3,(H,20,24)(H3,19,21,22,23). The van der Waals surface area contributed by atoms with Crippen molar-refractivity contribution in [1.29, 1.82) is 0 Å². The van der Waals surface area contributed by atoms with Gasteiger partial charge in [-0.1, -0.05) is 30.3 Å². The minimum atomic E-state index is -0.0382. The van der Waals surface area contributed by atoms with Crippen molar-refractivity contribution in [2.45, 2.75) is 20.0 Å². The molecule has 0 aliphatic rings. The minimum absolute atomic E-state index is 0.0382. The van der Waals surface area contributed by atoms with Crippen LogP contribution in [-0.2, 0) is 17.9 Å². The number of thiophene rings is 1. The van der Waals surface area contributed by atoms with Crippen molar-refractivity contribution in [2.75, 3.05) is 0 Å². The molecule has 0 atom stereocenters. The summed E-state index contributed by atoms with van der Waals surface area (Å²) in [5.74, 6) is 0.302. The molecule has 0 aliphatic heterocycles. The second-order valence-electron chi connectivity index (χ2n) is 5.53. The van der Waals surface area contributed by atoms with Crippen molar-refractivity contribution in [3.05, 3.63) is 58.3 Å². The number of rotatable bonds is 6. The second-order valence-corrected chi connectivity index (χ2v) is 7.53. The van der Waals surface area contributed by atoms with Crippen molar-refractivity contribution in [1.82, 2.24) is 15.6 Å². The summed E-state index contributed by atoms with van der Waals surface area (Å²) >= 11 is 3.04. The molecule has 26 heavy (non-hydrogen) atoms. The highest BCUT2D eigenvalue weighted by Crippen LogP contribution is 2.31. The van der Waals surface area contributed by atoms with Crippen LogP contribution in [0.4, 0.5) is 5.13 Å². The third-order valence-corrected chi connectivity index (χ3v) is 5.29. The third kappa shape index (κ3) is 5.14. The smallest absolute Gasteiger partial charge is 0.217 e. The number of carbonyl (C=O) groups is 1. The van der Waals surface area contributed by atoms with E-state index < -0.39 is 0 Å². The van der Waals surface area contributed by atoms with E-state index >= 15 is 0 Å². The van der Waals surface area contributed by atoms with Crippen LogP contribution in [0, 0.1) is 0 Å². The summed E-state index contributed by atoms with van der Waals surface area (Å²) < 4.78 is 0. The van der Waals surface area contributed by atoms with Gasteiger partial charge in [0.05, 0.1) is 17.1 Å². The summed E-state index contributed by atoms with van der Waals surface area (Å²) in [5.41, 5.74) is 7.94. The van der Waals surface area contributed by atoms with Gasteiger partial charge in [-0.25, -0.2) is 4.98 Å². The Bertz CT molecular complexity index is 901. The number of aliphatic imine (C=N–C) groups is 1. The fourth-order valence-electron chi connectivity index (χ4n) is 2.18. The second kappa shape index (κ2) is 8.59. The Labute approximate surface area is 159 Å². The fraction of sp³-hybridized carbons (Fsp3) is 0.167. The van der Waals surface area contributed by atoms with Gasteiger partial charge in [-0.05, 0) is 17.7 Å². The molecule has 0 saturated carbocycles. The van der Waals surface area contributed by atoms with E-state index in [0.29, 0.717) is 24.2 Å². The number of hydrogen-bond acceptors (Lipinski definition) is 5. The lowest BCUT2D eigenvalue weighted by Gasteiger charge is -2.04. The van der Waals surface area contributed by atoms with E-state index in [0.717, 1.165) is 21.0 Å². The van der Waals surface area contributed by atoms with E-state index in [2.05, 4.69) is 20.6 Å². The molecule has 2 aromatic heterocycles. The van der Waals surface area contributed by atoms with Gasteiger partial charge in [0.15, 0.2) is 5.96 Å². The van der Waals surface area contributed by atoms with Crippen LogP contribution in [-0.4, -0.2) is 16.9 Å². The van der Waals surface area contributed by atoms with Crippen molar-refractivity contribution < 1.29 is 4.79 Å². The molecule has 2 heterocycles. The number of nitrogens with two attached hydrogens (primary N) is 1. The Hall–Kier alpha value is -2.71. The molecule has 4 N–H and O–H groups in total. The molecule has 1 aromatic carbocycles. The van der Waals surface area contributed by atoms with Gasteiger partial charge in [0.1, 0.15) is 0 Å². The quantitative estimate of drug-likeness (QED) is 0.449. The van der Waals surface area contributed by atoms with Gasteiger partial charge in [-0.2, -0.15) is 4.99 Å². The summed E-state index contributed by atoms with van der Waals surface area (Å²) in [6, 6.07) is 14.0. The van der Waals surface area contributed by atoms with Gasteiger partial charge < -0.3 is 16.4 Å². The highest BCUT2D eigenvalue weighted by molar-refractivity contribution is 7.16. The summed E-state index contributed by atoms with van der Waals surface area (Å²) in [6.45, 7) is 2.66. The molecule has 1 amide bonds. The van der Waals surface area contributed by atoms with Gasteiger partial charge in [-0.3, -0.25) is 4.79 Å². The Balaban J connectivity index is 1.61. The van der Waals surface area contributed by atoms with Gasteiger partial charge in [0.25, 0.3) is 0 Å². The molecule has 0 saturated heterocycles. The highest BCUT2D eigenvalue weighted by atomic mass is 32.1. The van der Waals surface area contributed by atoms with Crippen LogP contribution in [0.1, 0.15) is 17.4 Å². The molecule has 6 nitrogen and oxygen atoms in total. The lowest BCUT2D eigenvalue weighted by molar-refractivity contribution is -0.119. The monoisotopic (exact) mass is 385 g/mol. The van der Waals surface area contributed by atoms with Crippen LogP contribution in [0.2, 0.25) is 0 Å². The van der Waals surface area contributed by atoms with Gasteiger partial charge in [0.2, 0.25) is 11.0 Å². The molecule has 0 radical (unpaired) electrons. The number of carbonyl (C=O) groups excluding carboxylic acids is 1. The lowest BCUT2D eigenvalue weighted by Crippen LogP contribution is -2.30. The zero-order valence-corrected chi connectivity index (χ0v) is 15.9. The number of thiazole rings is 1. The minimum Gasteiger partial charge on any atom is -0.370 e. The van der Waals surface area contributed by atoms with Crippen LogP contribution in [0.25, 0.3) is 10.6 Å². The first-order valence-electron chi connectivity index (χ1n) is 8.01.